The first-order valence-electron chi connectivity index (χ1n) is 11.4. The van der Waals surface area contributed by atoms with Gasteiger partial charge in [-0.2, -0.15) is 0 Å². The van der Waals surface area contributed by atoms with Crippen LogP contribution in [0.4, 0.5) is 0 Å². The van der Waals surface area contributed by atoms with Gasteiger partial charge in [0.15, 0.2) is 5.11 Å². The number of thiocarbonyl (C=S) groups is 1. The number of halogens is 1. The number of hydrogen-bond donors (Lipinski definition) is 2. The van der Waals surface area contributed by atoms with Gasteiger partial charge in [-0.1, -0.05) is 41.9 Å². The van der Waals surface area contributed by atoms with Crippen LogP contribution >= 0.6 is 23.8 Å². The van der Waals surface area contributed by atoms with Crippen molar-refractivity contribution in [3.8, 4) is 0 Å². The zero-order chi connectivity index (χ0) is 23.7. The van der Waals surface area contributed by atoms with Crippen LogP contribution in [0.2, 0.25) is 5.02 Å². The lowest BCUT2D eigenvalue weighted by atomic mass is 9.79. The first-order chi connectivity index (χ1) is 16.5. The lowest BCUT2D eigenvalue weighted by molar-refractivity contribution is -0.137. The molecule has 2 aromatic rings. The third-order valence-corrected chi connectivity index (χ3v) is 7.48. The summed E-state index contributed by atoms with van der Waals surface area (Å²) in [7, 11) is 0. The average Bonchev–Trinajstić information content (AvgIpc) is 3.30. The van der Waals surface area contributed by atoms with E-state index in [0.29, 0.717) is 41.6 Å². The van der Waals surface area contributed by atoms with Crippen LogP contribution in [0.15, 0.2) is 48.5 Å². The zero-order valence-corrected chi connectivity index (χ0v) is 20.1. The lowest BCUT2D eigenvalue weighted by Gasteiger charge is -2.44. The fourth-order valence-electron chi connectivity index (χ4n) is 4.87. The molecule has 2 aromatic carbocycles. The standard InChI is InChI=1S/C25H26ClN3O4S/c26-19-4-2-1-3-16(19)9-10-27-23(30)17-7-5-15(6-8-17)13-29-24(31)18-11-21-22(33-14-32-21)12-20(18)28-25(29)34/h1-8,18,20-22H,9-14H2,(H,27,30)(H,28,34). The Morgan fingerprint density at radius 1 is 1.12 bits per heavy atom. The van der Waals surface area contributed by atoms with Crippen LogP contribution in [0.3, 0.4) is 0 Å². The van der Waals surface area contributed by atoms with Crippen molar-refractivity contribution in [3.05, 3.63) is 70.2 Å². The van der Waals surface area contributed by atoms with Gasteiger partial charge < -0.3 is 20.1 Å². The van der Waals surface area contributed by atoms with Gasteiger partial charge >= 0.3 is 0 Å². The molecular formula is C25H26ClN3O4S. The Hall–Kier alpha value is -2.52. The monoisotopic (exact) mass is 499 g/mol. The molecule has 0 aromatic heterocycles. The summed E-state index contributed by atoms with van der Waals surface area (Å²) in [5.41, 5.74) is 2.46. The fourth-order valence-corrected chi connectivity index (χ4v) is 5.41. The second-order valence-electron chi connectivity index (χ2n) is 8.88. The third-order valence-electron chi connectivity index (χ3n) is 6.77. The highest BCUT2D eigenvalue weighted by Gasteiger charge is 2.48. The molecule has 0 spiro atoms. The quantitative estimate of drug-likeness (QED) is 0.595. The number of rotatable bonds is 6. The highest BCUT2D eigenvalue weighted by Crippen LogP contribution is 2.35. The van der Waals surface area contributed by atoms with Crippen molar-refractivity contribution in [2.45, 2.75) is 44.1 Å². The minimum atomic E-state index is -0.183. The van der Waals surface area contributed by atoms with Gasteiger partial charge in [0, 0.05) is 23.2 Å². The Balaban J connectivity index is 1.17. The topological polar surface area (TPSA) is 79.9 Å². The van der Waals surface area contributed by atoms with Crippen LogP contribution in [-0.4, -0.2) is 53.4 Å². The minimum absolute atomic E-state index is 0.0176. The number of nitrogens with zero attached hydrogens (tertiary/aromatic N) is 1. The van der Waals surface area contributed by atoms with Crippen LogP contribution in [0.25, 0.3) is 0 Å². The predicted octanol–water partition coefficient (Wildman–Crippen LogP) is 3.05. The largest absolute Gasteiger partial charge is 0.359 e. The van der Waals surface area contributed by atoms with Gasteiger partial charge in [-0.15, -0.1) is 0 Å². The highest BCUT2D eigenvalue weighted by atomic mass is 35.5. The van der Waals surface area contributed by atoms with Crippen LogP contribution < -0.4 is 10.6 Å². The smallest absolute Gasteiger partial charge is 0.251 e. The molecule has 2 heterocycles. The summed E-state index contributed by atoms with van der Waals surface area (Å²) in [6, 6.07) is 14.8. The fraction of sp³-hybridized carbons (Fsp3) is 0.400. The number of carbonyl (C=O) groups is 2. The molecule has 1 aliphatic carbocycles. The Morgan fingerprint density at radius 2 is 1.85 bits per heavy atom. The van der Waals surface area contributed by atoms with Crippen LogP contribution in [0, 0.1) is 5.92 Å². The lowest BCUT2D eigenvalue weighted by Crippen LogP contribution is -2.63. The first-order valence-corrected chi connectivity index (χ1v) is 12.2. The molecule has 0 bridgehead atoms. The molecule has 3 fully saturated rings. The van der Waals surface area contributed by atoms with Crippen LogP contribution in [0.1, 0.15) is 34.3 Å². The summed E-state index contributed by atoms with van der Waals surface area (Å²) in [5.74, 6) is -0.315. The van der Waals surface area contributed by atoms with E-state index >= 15 is 0 Å². The number of nitrogens with one attached hydrogen (secondary N) is 2. The zero-order valence-electron chi connectivity index (χ0n) is 18.5. The molecule has 1 saturated carbocycles. The van der Waals surface area contributed by atoms with Crippen molar-refractivity contribution in [1.82, 2.24) is 15.5 Å². The maximum absolute atomic E-state index is 13.2. The summed E-state index contributed by atoms with van der Waals surface area (Å²) in [6.07, 6.45) is 2.00. The van der Waals surface area contributed by atoms with Crippen molar-refractivity contribution < 1.29 is 19.1 Å². The Kier molecular flexibility index (Phi) is 6.83. The maximum atomic E-state index is 13.2. The first kappa shape index (κ1) is 23.2. The molecule has 178 valence electrons. The summed E-state index contributed by atoms with van der Waals surface area (Å²) >= 11 is 11.7. The van der Waals surface area contributed by atoms with Gasteiger partial charge in [0.2, 0.25) is 5.91 Å². The van der Waals surface area contributed by atoms with Gasteiger partial charge in [-0.25, -0.2) is 0 Å². The summed E-state index contributed by atoms with van der Waals surface area (Å²) in [5, 5.41) is 7.39. The average molecular weight is 500 g/mol. The van der Waals surface area contributed by atoms with Crippen molar-refractivity contribution in [2.75, 3.05) is 13.3 Å². The van der Waals surface area contributed by atoms with E-state index in [1.165, 1.54) is 0 Å². The molecule has 4 atom stereocenters. The molecule has 2 aliphatic heterocycles. The number of benzene rings is 2. The molecule has 7 nitrogen and oxygen atoms in total. The molecule has 4 unspecified atom stereocenters. The predicted molar refractivity (Wildman–Crippen MR) is 131 cm³/mol. The summed E-state index contributed by atoms with van der Waals surface area (Å²) in [4.78, 5) is 27.4. The number of ether oxygens (including phenoxy) is 2. The van der Waals surface area contributed by atoms with E-state index in [4.69, 9.17) is 33.3 Å². The minimum Gasteiger partial charge on any atom is -0.359 e. The van der Waals surface area contributed by atoms with Crippen molar-refractivity contribution in [2.24, 2.45) is 5.92 Å². The molecule has 9 heteroatoms. The molecule has 0 radical (unpaired) electrons. The van der Waals surface area contributed by atoms with Crippen LogP contribution in [-0.2, 0) is 27.2 Å². The second-order valence-corrected chi connectivity index (χ2v) is 9.67. The van der Waals surface area contributed by atoms with Gasteiger partial charge in [-0.3, -0.25) is 14.5 Å². The maximum Gasteiger partial charge on any atom is 0.251 e. The summed E-state index contributed by atoms with van der Waals surface area (Å²) < 4.78 is 11.2. The van der Waals surface area contributed by atoms with E-state index < -0.39 is 0 Å². The van der Waals surface area contributed by atoms with Crippen molar-refractivity contribution >= 4 is 40.7 Å². The van der Waals surface area contributed by atoms with Crippen molar-refractivity contribution in [3.63, 3.8) is 0 Å². The number of fused-ring (bicyclic) bond motifs is 2. The molecule has 5 rings (SSSR count). The van der Waals surface area contributed by atoms with E-state index in [1.54, 1.807) is 17.0 Å². The molecule has 2 N–H and O–H groups in total. The highest BCUT2D eigenvalue weighted by molar-refractivity contribution is 7.80. The van der Waals surface area contributed by atoms with E-state index in [2.05, 4.69) is 10.6 Å². The number of hydrogen-bond acceptors (Lipinski definition) is 5. The molecular weight excluding hydrogens is 474 g/mol. The molecule has 34 heavy (non-hydrogen) atoms. The van der Waals surface area contributed by atoms with E-state index in [9.17, 15) is 9.59 Å². The Labute approximate surface area is 208 Å². The second kappa shape index (κ2) is 10.00. The third kappa shape index (κ3) is 4.81. The van der Waals surface area contributed by atoms with Crippen LogP contribution in [0.5, 0.6) is 0 Å². The SMILES string of the molecule is O=C(NCCc1ccccc1Cl)c1ccc(CN2C(=O)C3CC4OCOC4CC3NC2=S)cc1. The van der Waals surface area contributed by atoms with E-state index in [0.717, 1.165) is 17.5 Å². The normalized spacial score (nSPS) is 26.0. The Morgan fingerprint density at radius 3 is 2.62 bits per heavy atom. The molecule has 2 amide bonds. The molecule has 3 aliphatic rings. The van der Waals surface area contributed by atoms with Gasteiger partial charge in [-0.05, 0) is 60.8 Å². The number of carbonyl (C=O) groups excluding carboxylic acids is 2. The van der Waals surface area contributed by atoms with Gasteiger partial charge in [0.1, 0.15) is 6.79 Å². The van der Waals surface area contributed by atoms with Crippen molar-refractivity contribution in [1.29, 1.82) is 0 Å². The van der Waals surface area contributed by atoms with E-state index in [-0.39, 0.29) is 42.8 Å². The Bertz CT molecular complexity index is 1100. The summed E-state index contributed by atoms with van der Waals surface area (Å²) in [6.45, 7) is 1.14. The molecule has 2 saturated heterocycles. The van der Waals surface area contributed by atoms with Gasteiger partial charge in [0.05, 0.1) is 24.7 Å². The van der Waals surface area contributed by atoms with Gasteiger partial charge in [0.25, 0.3) is 5.91 Å². The number of amides is 2. The van der Waals surface area contributed by atoms with E-state index in [1.807, 2.05) is 36.4 Å².